The summed E-state index contributed by atoms with van der Waals surface area (Å²) in [4.78, 5) is 25.7. The Labute approximate surface area is 154 Å². The van der Waals surface area contributed by atoms with Crippen molar-refractivity contribution in [2.24, 2.45) is 0 Å². The number of nitrogens with zero attached hydrogens (tertiary/aromatic N) is 1. The smallest absolute Gasteiger partial charge is 0.494 e. The van der Waals surface area contributed by atoms with Crippen LogP contribution in [0.1, 0.15) is 25.5 Å². The summed E-state index contributed by atoms with van der Waals surface area (Å²) in [6, 6.07) is 5.61. The van der Waals surface area contributed by atoms with Crippen LogP contribution in [0.15, 0.2) is 27.1 Å². The first-order valence-electron chi connectivity index (χ1n) is 8.26. The SMILES string of the molecule is CCCCc1oc2cc(Br)ccc2c1B1OC(=O)CN(C)CC(=O)O1. The number of unbranched alkanes of at least 4 members (excludes halogenated alkanes) is 1. The van der Waals surface area contributed by atoms with Gasteiger partial charge in [0.15, 0.2) is 0 Å². The van der Waals surface area contributed by atoms with Gasteiger partial charge in [-0.3, -0.25) is 14.5 Å². The fourth-order valence-corrected chi connectivity index (χ4v) is 3.21. The van der Waals surface area contributed by atoms with E-state index in [1.54, 1.807) is 11.9 Å². The minimum absolute atomic E-state index is 0.0389. The number of furan rings is 1. The lowest BCUT2D eigenvalue weighted by molar-refractivity contribution is -0.145. The molecule has 1 saturated heterocycles. The van der Waals surface area contributed by atoms with E-state index >= 15 is 0 Å². The number of rotatable bonds is 4. The van der Waals surface area contributed by atoms with E-state index in [-0.39, 0.29) is 13.1 Å². The molecule has 0 N–H and O–H groups in total. The van der Waals surface area contributed by atoms with Crippen LogP contribution in [-0.2, 0) is 25.3 Å². The van der Waals surface area contributed by atoms with Gasteiger partial charge in [0.25, 0.3) is 0 Å². The second-order valence-corrected chi connectivity index (χ2v) is 7.08. The molecule has 6 nitrogen and oxygen atoms in total. The third-order valence-electron chi connectivity index (χ3n) is 4.04. The topological polar surface area (TPSA) is 69.0 Å². The van der Waals surface area contributed by atoms with Gasteiger partial charge in [0.05, 0.1) is 18.6 Å². The van der Waals surface area contributed by atoms with Crippen molar-refractivity contribution in [1.82, 2.24) is 4.90 Å². The largest absolute Gasteiger partial charge is 0.640 e. The predicted molar refractivity (Wildman–Crippen MR) is 97.6 cm³/mol. The van der Waals surface area contributed by atoms with Gasteiger partial charge in [-0.1, -0.05) is 35.3 Å². The second-order valence-electron chi connectivity index (χ2n) is 6.17. The molecule has 132 valence electrons. The summed E-state index contributed by atoms with van der Waals surface area (Å²) >= 11 is 3.43. The highest BCUT2D eigenvalue weighted by atomic mass is 79.9. The van der Waals surface area contributed by atoms with Gasteiger partial charge in [-0.2, -0.15) is 0 Å². The lowest BCUT2D eigenvalue weighted by atomic mass is 9.75. The van der Waals surface area contributed by atoms with Crippen LogP contribution in [0.3, 0.4) is 0 Å². The van der Waals surface area contributed by atoms with Crippen LogP contribution in [0.25, 0.3) is 11.0 Å². The maximum atomic E-state index is 12.1. The van der Waals surface area contributed by atoms with Gasteiger partial charge in [0.1, 0.15) is 11.3 Å². The van der Waals surface area contributed by atoms with E-state index < -0.39 is 19.1 Å². The maximum Gasteiger partial charge on any atom is 0.640 e. The Kier molecular flexibility index (Phi) is 5.49. The fraction of sp³-hybridized carbons (Fsp3) is 0.412. The summed E-state index contributed by atoms with van der Waals surface area (Å²) < 4.78 is 17.7. The van der Waals surface area contributed by atoms with E-state index in [0.717, 1.165) is 22.7 Å². The number of carbonyl (C=O) groups is 2. The Morgan fingerprint density at radius 1 is 1.20 bits per heavy atom. The molecule has 1 aromatic carbocycles. The molecular formula is C17H19BBrNO5. The number of benzene rings is 1. The molecule has 3 rings (SSSR count). The maximum absolute atomic E-state index is 12.1. The Bertz CT molecular complexity index is 786. The van der Waals surface area contributed by atoms with Gasteiger partial charge in [0, 0.05) is 16.3 Å². The van der Waals surface area contributed by atoms with E-state index in [4.69, 9.17) is 13.7 Å². The van der Waals surface area contributed by atoms with Crippen molar-refractivity contribution in [3.8, 4) is 0 Å². The van der Waals surface area contributed by atoms with Crippen LogP contribution in [0.5, 0.6) is 0 Å². The highest BCUT2D eigenvalue weighted by molar-refractivity contribution is 9.10. The molecule has 0 unspecified atom stereocenters. The highest BCUT2D eigenvalue weighted by Gasteiger charge is 2.38. The molecule has 1 aliphatic heterocycles. The molecule has 0 spiro atoms. The normalized spacial score (nSPS) is 16.5. The van der Waals surface area contributed by atoms with Crippen molar-refractivity contribution in [3.63, 3.8) is 0 Å². The van der Waals surface area contributed by atoms with Crippen LogP contribution in [0, 0.1) is 0 Å². The van der Waals surface area contributed by atoms with Gasteiger partial charge in [-0.05, 0) is 25.6 Å². The quantitative estimate of drug-likeness (QED) is 0.724. The van der Waals surface area contributed by atoms with Gasteiger partial charge >= 0.3 is 19.1 Å². The Morgan fingerprint density at radius 3 is 2.52 bits per heavy atom. The number of halogens is 1. The van der Waals surface area contributed by atoms with Gasteiger partial charge < -0.3 is 13.7 Å². The van der Waals surface area contributed by atoms with Crippen LogP contribution in [0.2, 0.25) is 0 Å². The third kappa shape index (κ3) is 4.07. The second kappa shape index (κ2) is 7.62. The van der Waals surface area contributed by atoms with E-state index in [1.807, 2.05) is 18.2 Å². The molecule has 25 heavy (non-hydrogen) atoms. The molecule has 0 amide bonds. The molecule has 0 saturated carbocycles. The van der Waals surface area contributed by atoms with Crippen molar-refractivity contribution in [2.75, 3.05) is 20.1 Å². The van der Waals surface area contributed by atoms with E-state index in [2.05, 4.69) is 22.9 Å². The van der Waals surface area contributed by atoms with Gasteiger partial charge in [-0.25, -0.2) is 0 Å². The molecule has 0 atom stereocenters. The fourth-order valence-electron chi connectivity index (χ4n) is 2.87. The standard InChI is InChI=1S/C17H19BBrNO5/c1-3-4-5-13-17(12-7-6-11(19)8-14(12)23-13)18-24-15(21)9-20(2)10-16(22)25-18/h6-8H,3-5,9-10H2,1-2H3. The van der Waals surface area contributed by atoms with Crippen molar-refractivity contribution in [1.29, 1.82) is 0 Å². The molecule has 2 aromatic rings. The third-order valence-corrected chi connectivity index (χ3v) is 4.53. The molecule has 2 heterocycles. The van der Waals surface area contributed by atoms with Crippen LogP contribution < -0.4 is 5.46 Å². The number of hydrogen-bond acceptors (Lipinski definition) is 6. The predicted octanol–water partition coefficient (Wildman–Crippen LogP) is 2.26. The number of likely N-dealkylation sites (N-methyl/N-ethyl adjacent to an activating group) is 1. The molecule has 8 heteroatoms. The van der Waals surface area contributed by atoms with E-state index in [1.165, 1.54) is 0 Å². The van der Waals surface area contributed by atoms with Crippen molar-refractivity contribution >= 4 is 51.4 Å². The van der Waals surface area contributed by atoms with Crippen LogP contribution >= 0.6 is 15.9 Å². The summed E-state index contributed by atoms with van der Waals surface area (Å²) in [6.45, 7) is 2.17. The van der Waals surface area contributed by atoms with E-state index in [0.29, 0.717) is 23.2 Å². The summed E-state index contributed by atoms with van der Waals surface area (Å²) in [6.07, 6.45) is 2.60. The minimum atomic E-state index is -1.08. The number of fused-ring (bicyclic) bond motifs is 1. The minimum Gasteiger partial charge on any atom is -0.494 e. The first-order chi connectivity index (χ1) is 12.0. The summed E-state index contributed by atoms with van der Waals surface area (Å²) in [7, 11) is 0.586. The zero-order valence-corrected chi connectivity index (χ0v) is 15.8. The van der Waals surface area contributed by atoms with Crippen LogP contribution in [-0.4, -0.2) is 44.1 Å². The zero-order chi connectivity index (χ0) is 18.0. The molecule has 1 aliphatic rings. The molecule has 1 fully saturated rings. The van der Waals surface area contributed by atoms with Crippen molar-refractivity contribution in [2.45, 2.75) is 26.2 Å². The first-order valence-corrected chi connectivity index (χ1v) is 9.05. The monoisotopic (exact) mass is 407 g/mol. The van der Waals surface area contributed by atoms with Gasteiger partial charge in [0.2, 0.25) is 0 Å². The molecule has 0 aliphatic carbocycles. The average Bonchev–Trinajstić information content (AvgIpc) is 2.87. The van der Waals surface area contributed by atoms with Gasteiger partial charge in [-0.15, -0.1) is 0 Å². The van der Waals surface area contributed by atoms with Crippen molar-refractivity contribution in [3.05, 3.63) is 28.4 Å². The Morgan fingerprint density at radius 2 is 1.88 bits per heavy atom. The molecular weight excluding hydrogens is 389 g/mol. The van der Waals surface area contributed by atoms with E-state index in [9.17, 15) is 9.59 Å². The zero-order valence-electron chi connectivity index (χ0n) is 14.2. The number of carbonyl (C=O) groups excluding carboxylic acids is 2. The number of aryl methyl sites for hydroxylation is 1. The average molecular weight is 408 g/mol. The highest BCUT2D eigenvalue weighted by Crippen LogP contribution is 2.24. The van der Waals surface area contributed by atoms with Crippen molar-refractivity contribution < 1.29 is 23.3 Å². The lowest BCUT2D eigenvalue weighted by Gasteiger charge is -2.22. The first kappa shape index (κ1) is 18.0. The summed E-state index contributed by atoms with van der Waals surface area (Å²) in [5, 5.41) is 0.786. The summed E-state index contributed by atoms with van der Waals surface area (Å²) in [5.41, 5.74) is 1.30. The molecule has 1 aromatic heterocycles. The summed E-state index contributed by atoms with van der Waals surface area (Å²) in [5.74, 6) is -0.185. The molecule has 0 bridgehead atoms. The number of hydrogen-bond donors (Lipinski definition) is 0. The Balaban J connectivity index is 2.04. The lowest BCUT2D eigenvalue weighted by Crippen LogP contribution is -2.48. The van der Waals surface area contributed by atoms with Crippen LogP contribution in [0.4, 0.5) is 0 Å². The Hall–Kier alpha value is -1.80. The molecule has 0 radical (unpaired) electrons.